The van der Waals surface area contributed by atoms with E-state index in [0.717, 1.165) is 23.1 Å². The fourth-order valence-corrected chi connectivity index (χ4v) is 2.99. The molecule has 0 bridgehead atoms. The number of thiazole rings is 1. The zero-order chi connectivity index (χ0) is 15.9. The van der Waals surface area contributed by atoms with Gasteiger partial charge in [-0.15, -0.1) is 0 Å². The Balaban J connectivity index is 0.00000106. The third-order valence-electron chi connectivity index (χ3n) is 3.25. The lowest BCUT2D eigenvalue weighted by atomic mass is 9.96. The fraction of sp³-hybridized carbons (Fsp3) is 0.667. The first kappa shape index (κ1) is 17.8. The lowest BCUT2D eigenvalue weighted by molar-refractivity contribution is 0.149. The second-order valence-corrected chi connectivity index (χ2v) is 5.85. The van der Waals surface area contributed by atoms with E-state index >= 15 is 0 Å². The van der Waals surface area contributed by atoms with E-state index in [4.69, 9.17) is 0 Å². The van der Waals surface area contributed by atoms with Crippen LogP contribution in [0.2, 0.25) is 0 Å². The first-order chi connectivity index (χ1) is 10.1. The number of aliphatic imine (C=N–C) groups is 2. The Labute approximate surface area is 130 Å². The molecule has 0 saturated carbocycles. The summed E-state index contributed by atoms with van der Waals surface area (Å²) in [6, 6.07) is 0. The first-order valence-corrected chi connectivity index (χ1v) is 8.23. The molecule has 118 valence electrons. The Morgan fingerprint density at radius 1 is 1.43 bits per heavy atom. The van der Waals surface area contributed by atoms with Crippen LogP contribution in [0.25, 0.3) is 0 Å². The molecule has 1 saturated heterocycles. The maximum atomic E-state index is 13.8. The molecule has 1 aromatic rings. The quantitative estimate of drug-likeness (QED) is 0.612. The number of amidine groups is 1. The summed E-state index contributed by atoms with van der Waals surface area (Å²) < 4.78 is 13.8. The zero-order valence-corrected chi connectivity index (χ0v) is 14.4. The van der Waals surface area contributed by atoms with Crippen molar-refractivity contribution in [2.24, 2.45) is 9.98 Å². The minimum Gasteiger partial charge on any atom is -0.348 e. The number of anilines is 1. The SMILES string of the molecule is CC.CC=NC(=NC)c1cnc(N2CCC(C)(F)CC2)s1. The van der Waals surface area contributed by atoms with Gasteiger partial charge in [0.15, 0.2) is 11.0 Å². The summed E-state index contributed by atoms with van der Waals surface area (Å²) in [4.78, 5) is 15.8. The standard InChI is InChI=1S/C13H19FN4S.C2H6/c1-4-16-11(15-3)10-9-17-12(19-10)18-7-5-13(2,14)6-8-18;1-2/h4,9H,5-8H2,1-3H3;1-2H3. The van der Waals surface area contributed by atoms with Crippen LogP contribution in [-0.4, -0.2) is 42.8 Å². The van der Waals surface area contributed by atoms with Crippen LogP contribution < -0.4 is 4.90 Å². The number of piperidine rings is 1. The lowest BCUT2D eigenvalue weighted by Crippen LogP contribution is -2.39. The van der Waals surface area contributed by atoms with Crippen molar-refractivity contribution < 1.29 is 4.39 Å². The number of hydrogen-bond acceptors (Lipinski definition) is 4. The smallest absolute Gasteiger partial charge is 0.185 e. The van der Waals surface area contributed by atoms with Crippen molar-refractivity contribution in [1.82, 2.24) is 4.98 Å². The number of aromatic nitrogens is 1. The van der Waals surface area contributed by atoms with Gasteiger partial charge in [0.05, 0.1) is 11.1 Å². The molecule has 0 aromatic carbocycles. The van der Waals surface area contributed by atoms with Crippen molar-refractivity contribution in [3.63, 3.8) is 0 Å². The summed E-state index contributed by atoms with van der Waals surface area (Å²) in [5, 5.41) is 0.929. The summed E-state index contributed by atoms with van der Waals surface area (Å²) in [5.74, 6) is 0.693. The third kappa shape index (κ3) is 4.88. The van der Waals surface area contributed by atoms with Crippen LogP contribution in [-0.2, 0) is 0 Å². The average molecular weight is 312 g/mol. The zero-order valence-electron chi connectivity index (χ0n) is 13.6. The fourth-order valence-electron chi connectivity index (χ4n) is 2.03. The van der Waals surface area contributed by atoms with Gasteiger partial charge in [-0.3, -0.25) is 4.99 Å². The minimum absolute atomic E-state index is 0.559. The highest BCUT2D eigenvalue weighted by Gasteiger charge is 2.30. The van der Waals surface area contributed by atoms with Crippen LogP contribution in [0, 0.1) is 0 Å². The summed E-state index contributed by atoms with van der Waals surface area (Å²) in [7, 11) is 1.72. The molecular weight excluding hydrogens is 287 g/mol. The van der Waals surface area contributed by atoms with Crippen LogP contribution in [0.15, 0.2) is 16.2 Å². The van der Waals surface area contributed by atoms with Gasteiger partial charge in [0.1, 0.15) is 5.67 Å². The number of rotatable bonds is 2. The Kier molecular flexibility index (Phi) is 6.95. The number of halogens is 1. The summed E-state index contributed by atoms with van der Waals surface area (Å²) in [6.07, 6.45) is 4.63. The van der Waals surface area contributed by atoms with Gasteiger partial charge >= 0.3 is 0 Å². The molecule has 6 heteroatoms. The van der Waals surface area contributed by atoms with Crippen molar-refractivity contribution in [2.75, 3.05) is 25.0 Å². The Hall–Kier alpha value is -1.30. The van der Waals surface area contributed by atoms with Crippen molar-refractivity contribution >= 4 is 28.5 Å². The van der Waals surface area contributed by atoms with E-state index in [1.807, 2.05) is 20.8 Å². The second-order valence-electron chi connectivity index (χ2n) is 4.84. The van der Waals surface area contributed by atoms with Crippen molar-refractivity contribution in [3.8, 4) is 0 Å². The lowest BCUT2D eigenvalue weighted by Gasteiger charge is -2.33. The highest BCUT2D eigenvalue weighted by molar-refractivity contribution is 7.17. The van der Waals surface area contributed by atoms with Gasteiger partial charge < -0.3 is 4.90 Å². The van der Waals surface area contributed by atoms with Crippen LogP contribution in [0.3, 0.4) is 0 Å². The van der Waals surface area contributed by atoms with Crippen LogP contribution in [0.5, 0.6) is 0 Å². The Morgan fingerprint density at radius 2 is 2.05 bits per heavy atom. The monoisotopic (exact) mass is 312 g/mol. The van der Waals surface area contributed by atoms with Crippen molar-refractivity contribution in [1.29, 1.82) is 0 Å². The molecule has 1 aliphatic heterocycles. The molecule has 1 aliphatic rings. The third-order valence-corrected chi connectivity index (χ3v) is 4.31. The van der Waals surface area contributed by atoms with E-state index < -0.39 is 5.67 Å². The van der Waals surface area contributed by atoms with Crippen molar-refractivity contribution in [2.45, 2.75) is 46.2 Å². The predicted octanol–water partition coefficient (Wildman–Crippen LogP) is 3.96. The highest BCUT2D eigenvalue weighted by atomic mass is 32.1. The van der Waals surface area contributed by atoms with Crippen LogP contribution in [0.4, 0.5) is 9.52 Å². The van der Waals surface area contributed by atoms with E-state index in [9.17, 15) is 4.39 Å². The molecule has 2 rings (SSSR count). The molecular formula is C15H25FN4S. The second kappa shape index (κ2) is 8.22. The molecule has 0 aliphatic carbocycles. The molecule has 21 heavy (non-hydrogen) atoms. The van der Waals surface area contributed by atoms with E-state index in [-0.39, 0.29) is 0 Å². The number of hydrogen-bond donors (Lipinski definition) is 0. The largest absolute Gasteiger partial charge is 0.348 e. The van der Waals surface area contributed by atoms with Gasteiger partial charge in [-0.05, 0) is 26.7 Å². The molecule has 4 nitrogen and oxygen atoms in total. The van der Waals surface area contributed by atoms with Gasteiger partial charge in [0.2, 0.25) is 0 Å². The maximum Gasteiger partial charge on any atom is 0.185 e. The number of nitrogens with zero attached hydrogens (tertiary/aromatic N) is 4. The molecule has 0 spiro atoms. The predicted molar refractivity (Wildman–Crippen MR) is 91.0 cm³/mol. The van der Waals surface area contributed by atoms with Crippen LogP contribution >= 0.6 is 11.3 Å². The molecule has 1 fully saturated rings. The molecule has 0 unspecified atom stereocenters. The van der Waals surface area contributed by atoms with Gasteiger partial charge in [0.25, 0.3) is 0 Å². The van der Waals surface area contributed by atoms with E-state index in [1.165, 1.54) is 0 Å². The van der Waals surface area contributed by atoms with Gasteiger partial charge in [-0.2, -0.15) is 0 Å². The molecule has 0 radical (unpaired) electrons. The molecule has 0 N–H and O–H groups in total. The van der Waals surface area contributed by atoms with Crippen LogP contribution in [0.1, 0.15) is 45.4 Å². The Morgan fingerprint density at radius 3 is 2.57 bits per heavy atom. The molecule has 1 aromatic heterocycles. The average Bonchev–Trinajstić information content (AvgIpc) is 2.96. The highest BCUT2D eigenvalue weighted by Crippen LogP contribution is 2.31. The number of alkyl halides is 1. The van der Waals surface area contributed by atoms with Gasteiger partial charge in [-0.1, -0.05) is 25.2 Å². The van der Waals surface area contributed by atoms with E-state index in [2.05, 4.69) is 19.9 Å². The van der Waals surface area contributed by atoms with E-state index in [0.29, 0.717) is 18.7 Å². The van der Waals surface area contributed by atoms with Gasteiger partial charge in [0, 0.05) is 26.4 Å². The molecule has 0 amide bonds. The minimum atomic E-state index is -1.03. The normalized spacial score (nSPS) is 18.6. The summed E-state index contributed by atoms with van der Waals surface area (Å²) in [6.45, 7) is 8.97. The summed E-state index contributed by atoms with van der Waals surface area (Å²) in [5.41, 5.74) is -1.03. The maximum absolute atomic E-state index is 13.8. The van der Waals surface area contributed by atoms with Gasteiger partial charge in [-0.25, -0.2) is 14.4 Å². The van der Waals surface area contributed by atoms with E-state index in [1.54, 1.807) is 37.7 Å². The summed E-state index contributed by atoms with van der Waals surface area (Å²) >= 11 is 1.56. The Bertz CT molecular complexity index is 484. The molecule has 2 heterocycles. The first-order valence-electron chi connectivity index (χ1n) is 7.41. The topological polar surface area (TPSA) is 40.9 Å². The van der Waals surface area contributed by atoms with Crippen molar-refractivity contribution in [3.05, 3.63) is 11.1 Å². The molecule has 0 atom stereocenters.